The van der Waals surface area contributed by atoms with Gasteiger partial charge in [-0.15, -0.1) is 0 Å². The Morgan fingerprint density at radius 2 is 1.79 bits per heavy atom. The molecule has 10 nitrogen and oxygen atoms in total. The Kier molecular flexibility index (Phi) is 5.66. The van der Waals surface area contributed by atoms with Gasteiger partial charge in [-0.2, -0.15) is 0 Å². The number of fused-ring (bicyclic) bond motifs is 7. The number of carbonyl (C=O) groups excluding carboxylic acids is 2. The standard InChI is InChI=1S/C29H40O10/c1-15-9-22(31)29(35)24(37-15)38-20-10-16-3-4-19-18(26(16,14-30)12-21(20)39-29)5-6-25(2)27(33,7-8-28(19,25)34)17-11-23(32)36-13-17/h11,14-16,18-22,24,31,33-35H,3-10,12-13H2,1-2H3/t15-,16-,18-,19-,20-,21-,22-,24+,25-,26-,27+,28+,29+/m1/s1. The monoisotopic (exact) mass is 548 g/mol. The smallest absolute Gasteiger partial charge is 0.331 e. The molecular formula is C29H40O10. The second-order valence-electron chi connectivity index (χ2n) is 13.7. The molecule has 3 aliphatic heterocycles. The Labute approximate surface area is 227 Å². The number of aldehydes is 1. The van der Waals surface area contributed by atoms with E-state index in [2.05, 4.69) is 0 Å². The molecule has 6 fully saturated rings. The first kappa shape index (κ1) is 26.5. The minimum Gasteiger partial charge on any atom is -0.458 e. The van der Waals surface area contributed by atoms with Crippen LogP contribution in [0, 0.1) is 28.6 Å². The van der Waals surface area contributed by atoms with Gasteiger partial charge in [0.1, 0.15) is 19.0 Å². The molecule has 0 aromatic rings. The average Bonchev–Trinajstić information content (AvgIpc) is 3.42. The number of carbonyl (C=O) groups is 2. The molecule has 0 aromatic carbocycles. The molecule has 0 amide bonds. The zero-order valence-corrected chi connectivity index (χ0v) is 22.6. The van der Waals surface area contributed by atoms with E-state index in [1.807, 2.05) is 13.8 Å². The zero-order chi connectivity index (χ0) is 27.6. The van der Waals surface area contributed by atoms with Gasteiger partial charge in [-0.25, -0.2) is 4.79 Å². The summed E-state index contributed by atoms with van der Waals surface area (Å²) in [5.74, 6) is -2.79. The second-order valence-corrected chi connectivity index (χ2v) is 13.7. The maximum Gasteiger partial charge on any atom is 0.331 e. The maximum atomic E-state index is 13.1. The first-order chi connectivity index (χ1) is 18.4. The van der Waals surface area contributed by atoms with Crippen LogP contribution < -0.4 is 0 Å². The first-order valence-corrected chi connectivity index (χ1v) is 14.6. The third-order valence-electron chi connectivity index (χ3n) is 12.3. The van der Waals surface area contributed by atoms with Crippen LogP contribution in [0.4, 0.5) is 0 Å². The average molecular weight is 549 g/mol. The number of hydrogen-bond donors (Lipinski definition) is 4. The van der Waals surface area contributed by atoms with E-state index in [-0.39, 0.29) is 43.0 Å². The van der Waals surface area contributed by atoms with Gasteiger partial charge in [-0.1, -0.05) is 6.92 Å². The van der Waals surface area contributed by atoms with Crippen LogP contribution in [0.15, 0.2) is 11.6 Å². The summed E-state index contributed by atoms with van der Waals surface area (Å²) in [6.45, 7) is 3.78. The van der Waals surface area contributed by atoms with Crippen LogP contribution in [-0.4, -0.2) is 87.0 Å². The van der Waals surface area contributed by atoms with Gasteiger partial charge in [0.05, 0.1) is 29.5 Å². The fraction of sp³-hybridized carbons (Fsp3) is 0.862. The predicted molar refractivity (Wildman–Crippen MR) is 133 cm³/mol. The van der Waals surface area contributed by atoms with Crippen molar-refractivity contribution in [1.29, 1.82) is 0 Å². The van der Waals surface area contributed by atoms with Crippen molar-refractivity contribution in [3.05, 3.63) is 11.6 Å². The first-order valence-electron chi connectivity index (χ1n) is 14.6. The van der Waals surface area contributed by atoms with Crippen LogP contribution in [0.1, 0.15) is 71.6 Å². The highest BCUT2D eigenvalue weighted by Crippen LogP contribution is 2.71. The van der Waals surface area contributed by atoms with Crippen molar-refractivity contribution in [3.8, 4) is 0 Å². The Morgan fingerprint density at radius 3 is 2.51 bits per heavy atom. The molecule has 0 radical (unpaired) electrons. The lowest BCUT2D eigenvalue weighted by Crippen LogP contribution is -2.71. The summed E-state index contributed by atoms with van der Waals surface area (Å²) in [7, 11) is 0. The molecule has 0 bridgehead atoms. The van der Waals surface area contributed by atoms with Gasteiger partial charge in [0.25, 0.3) is 0 Å². The minimum absolute atomic E-state index is 0.0232. The molecule has 7 rings (SSSR count). The number of ether oxygens (including phenoxy) is 4. The molecule has 39 heavy (non-hydrogen) atoms. The quantitative estimate of drug-likeness (QED) is 0.224. The van der Waals surface area contributed by atoms with Gasteiger partial charge in [-0.05, 0) is 76.0 Å². The molecule has 7 aliphatic rings. The van der Waals surface area contributed by atoms with E-state index in [1.54, 1.807) is 0 Å². The van der Waals surface area contributed by atoms with E-state index in [0.717, 1.165) is 19.1 Å². The van der Waals surface area contributed by atoms with Gasteiger partial charge in [0.15, 0.2) is 0 Å². The lowest BCUT2D eigenvalue weighted by Gasteiger charge is -2.65. The van der Waals surface area contributed by atoms with Gasteiger partial charge < -0.3 is 44.2 Å². The number of esters is 1. The third kappa shape index (κ3) is 3.22. The van der Waals surface area contributed by atoms with Crippen molar-refractivity contribution < 1.29 is 49.0 Å². The molecule has 2 saturated heterocycles. The van der Waals surface area contributed by atoms with Crippen LogP contribution >= 0.6 is 0 Å². The SMILES string of the molecule is C[C@@H]1C[C@@H](O)[C@]2(O)O[C@@H]3C[C@@]4(C=O)[C@H](CC[C@@H]5[C@H]4CC[C@]4(C)[C@@](O)(C6=CC(=O)OC6)CC[C@]54O)C[C@H]3O[C@@H]2O1. The molecule has 3 heterocycles. The molecule has 4 saturated carbocycles. The molecule has 0 unspecified atom stereocenters. The minimum atomic E-state index is -2.00. The van der Waals surface area contributed by atoms with Crippen LogP contribution in [0.2, 0.25) is 0 Å². The topological polar surface area (TPSA) is 152 Å². The number of hydrogen-bond acceptors (Lipinski definition) is 10. The third-order valence-corrected chi connectivity index (χ3v) is 12.3. The second kappa shape index (κ2) is 8.33. The summed E-state index contributed by atoms with van der Waals surface area (Å²) >= 11 is 0. The van der Waals surface area contributed by atoms with Gasteiger partial charge in [0.2, 0.25) is 12.1 Å². The number of rotatable bonds is 2. The normalized spacial score (nSPS) is 58.2. The Hall–Kier alpha value is -1.40. The Morgan fingerprint density at radius 1 is 1.00 bits per heavy atom. The van der Waals surface area contributed by atoms with Crippen LogP contribution in [0.5, 0.6) is 0 Å². The van der Waals surface area contributed by atoms with Crippen molar-refractivity contribution in [3.63, 3.8) is 0 Å². The van der Waals surface area contributed by atoms with Crippen molar-refractivity contribution in [2.75, 3.05) is 6.61 Å². The number of aliphatic hydroxyl groups is 4. The lowest BCUT2D eigenvalue weighted by atomic mass is 9.42. The van der Waals surface area contributed by atoms with Crippen molar-refractivity contribution in [2.45, 2.75) is 119 Å². The summed E-state index contributed by atoms with van der Waals surface area (Å²) < 4.78 is 23.3. The summed E-state index contributed by atoms with van der Waals surface area (Å²) in [6, 6.07) is 0. The fourth-order valence-corrected chi connectivity index (χ4v) is 10.2. The fourth-order valence-electron chi connectivity index (χ4n) is 10.2. The van der Waals surface area contributed by atoms with Crippen LogP contribution in [-0.2, 0) is 28.5 Å². The molecule has 216 valence electrons. The molecule has 10 heteroatoms. The highest BCUT2D eigenvalue weighted by Gasteiger charge is 2.74. The van der Waals surface area contributed by atoms with Crippen molar-refractivity contribution >= 4 is 12.3 Å². The molecular weight excluding hydrogens is 508 g/mol. The molecule has 13 atom stereocenters. The lowest BCUT2D eigenvalue weighted by molar-refractivity contribution is -0.457. The summed E-state index contributed by atoms with van der Waals surface area (Å²) in [4.78, 5) is 25.0. The molecule has 4 N–H and O–H groups in total. The summed E-state index contributed by atoms with van der Waals surface area (Å²) in [6.07, 6.45) is 3.29. The number of cyclic esters (lactones) is 1. The van der Waals surface area contributed by atoms with Crippen LogP contribution in [0.3, 0.4) is 0 Å². The van der Waals surface area contributed by atoms with E-state index >= 15 is 0 Å². The number of aliphatic hydroxyl groups excluding tert-OH is 1. The maximum absolute atomic E-state index is 13.1. The van der Waals surface area contributed by atoms with E-state index in [4.69, 9.17) is 18.9 Å². The van der Waals surface area contributed by atoms with Crippen molar-refractivity contribution in [2.24, 2.45) is 28.6 Å². The van der Waals surface area contributed by atoms with E-state index < -0.39 is 52.3 Å². The van der Waals surface area contributed by atoms with E-state index in [1.165, 1.54) is 6.08 Å². The summed E-state index contributed by atoms with van der Waals surface area (Å²) in [5, 5.41) is 46.4. The molecule has 0 aromatic heterocycles. The van der Waals surface area contributed by atoms with Gasteiger partial charge in [-0.3, -0.25) is 0 Å². The highest BCUT2D eigenvalue weighted by molar-refractivity contribution is 5.86. The van der Waals surface area contributed by atoms with E-state index in [0.29, 0.717) is 44.1 Å². The largest absolute Gasteiger partial charge is 0.458 e. The predicted octanol–water partition coefficient (Wildman–Crippen LogP) is 1.12. The Bertz CT molecular complexity index is 1110. The summed E-state index contributed by atoms with van der Waals surface area (Å²) in [5.41, 5.74) is -3.71. The van der Waals surface area contributed by atoms with Gasteiger partial charge >= 0.3 is 5.97 Å². The molecule has 4 aliphatic carbocycles. The van der Waals surface area contributed by atoms with Crippen molar-refractivity contribution in [1.82, 2.24) is 0 Å². The highest BCUT2D eigenvalue weighted by atomic mass is 16.8. The van der Waals surface area contributed by atoms with Gasteiger partial charge in [0, 0.05) is 28.9 Å². The van der Waals surface area contributed by atoms with Crippen LogP contribution in [0.25, 0.3) is 0 Å². The zero-order valence-electron chi connectivity index (χ0n) is 22.6. The van der Waals surface area contributed by atoms with E-state index in [9.17, 15) is 30.0 Å². The Balaban J connectivity index is 1.20. The molecule has 0 spiro atoms.